The van der Waals surface area contributed by atoms with Gasteiger partial charge in [0.05, 0.1) is 25.0 Å². The van der Waals surface area contributed by atoms with E-state index in [0.29, 0.717) is 0 Å². The molecule has 3 N–H and O–H groups in total. The molecule has 1 aliphatic rings. The van der Waals surface area contributed by atoms with E-state index in [2.05, 4.69) is 34.1 Å². The third kappa shape index (κ3) is 7.29. The van der Waals surface area contributed by atoms with Crippen LogP contribution in [0, 0.1) is 0 Å². The van der Waals surface area contributed by atoms with Crippen molar-refractivity contribution in [1.82, 2.24) is 9.55 Å². The Kier molecular flexibility index (Phi) is 7.62. The van der Waals surface area contributed by atoms with E-state index in [-0.39, 0.29) is 16.7 Å². The number of anilines is 1. The molecule has 166 valence electrons. The van der Waals surface area contributed by atoms with E-state index in [0.717, 1.165) is 4.57 Å². The summed E-state index contributed by atoms with van der Waals surface area (Å²) in [5.74, 6) is -0.0981. The maximum Gasteiger partial charge on any atom is 0.351 e. The zero-order valence-corrected chi connectivity index (χ0v) is 18.0. The monoisotopic (exact) mass is 541 g/mol. The van der Waals surface area contributed by atoms with Crippen molar-refractivity contribution in [3.8, 4) is 0 Å². The zero-order chi connectivity index (χ0) is 22.2. The number of aliphatic hydroxyl groups is 1. The molecule has 1 aromatic rings. The van der Waals surface area contributed by atoms with Gasteiger partial charge in [0.1, 0.15) is 18.1 Å². The van der Waals surface area contributed by atoms with Crippen LogP contribution in [0.25, 0.3) is 0 Å². The SMILES string of the molecule is Nc1nc(=O)n(C2CC(O)C(COP(=O)([O-])OP(=O)([O-])OP(=O)([O-])[O-])O2)cc1Br. The van der Waals surface area contributed by atoms with Gasteiger partial charge in [-0.2, -0.15) is 4.98 Å². The van der Waals surface area contributed by atoms with E-state index in [1.165, 1.54) is 6.20 Å². The standard InChI is InChI=1S/C9H15BrN3O13P3/c10-4-2-13(9(15)12-8(4)11)7-1-5(14)6(24-7)3-23-28(19,20)26-29(21,22)25-27(16,17)18/h2,5-7,14H,1,3H2,(H,19,20)(H,21,22)(H2,11,12,15)(H2,16,17,18)/p-4. The van der Waals surface area contributed by atoms with Crippen molar-refractivity contribution in [2.45, 2.75) is 24.9 Å². The van der Waals surface area contributed by atoms with Crippen LogP contribution in [0.15, 0.2) is 15.5 Å². The smallest absolute Gasteiger partial charge is 0.351 e. The summed E-state index contributed by atoms with van der Waals surface area (Å²) in [7, 11) is -18.0. The van der Waals surface area contributed by atoms with Gasteiger partial charge in [-0.1, -0.05) is 0 Å². The van der Waals surface area contributed by atoms with E-state index in [4.69, 9.17) is 10.5 Å². The van der Waals surface area contributed by atoms with E-state index in [1.54, 1.807) is 0 Å². The molecule has 1 saturated heterocycles. The fourth-order valence-corrected chi connectivity index (χ4v) is 5.32. The quantitative estimate of drug-likeness (QED) is 0.311. The van der Waals surface area contributed by atoms with Gasteiger partial charge in [-0.15, -0.1) is 0 Å². The summed E-state index contributed by atoms with van der Waals surface area (Å²) < 4.78 is 49.9. The minimum atomic E-state index is -6.11. The average Bonchev–Trinajstić information content (AvgIpc) is 2.86. The van der Waals surface area contributed by atoms with Crippen LogP contribution in [0.4, 0.5) is 5.82 Å². The molecule has 0 aromatic carbocycles. The van der Waals surface area contributed by atoms with Crippen molar-refractivity contribution >= 4 is 45.2 Å². The first-order valence-electron chi connectivity index (χ1n) is 7.17. The second-order valence-corrected chi connectivity index (χ2v) is 10.5. The lowest BCUT2D eigenvalue weighted by Crippen LogP contribution is -2.29. The summed E-state index contributed by atoms with van der Waals surface area (Å²) >= 11 is 3.05. The normalized spacial score (nSPS) is 26.8. The van der Waals surface area contributed by atoms with Crippen molar-refractivity contribution in [3.63, 3.8) is 0 Å². The lowest BCUT2D eigenvalue weighted by atomic mass is 10.2. The number of aromatic nitrogens is 2. The number of nitrogen functional groups attached to an aromatic ring is 1. The van der Waals surface area contributed by atoms with Gasteiger partial charge >= 0.3 is 5.69 Å². The number of phosphoric acid groups is 3. The summed E-state index contributed by atoms with van der Waals surface area (Å²) in [6.45, 7) is -0.983. The molecule has 1 aliphatic heterocycles. The topological polar surface area (TPSA) is 262 Å². The fraction of sp³-hybridized carbons (Fsp3) is 0.556. The van der Waals surface area contributed by atoms with Crippen LogP contribution in [0.2, 0.25) is 0 Å². The Morgan fingerprint density at radius 3 is 2.48 bits per heavy atom. The molecule has 5 atom stereocenters. The highest BCUT2D eigenvalue weighted by atomic mass is 79.9. The molecule has 0 aliphatic carbocycles. The highest BCUT2D eigenvalue weighted by Crippen LogP contribution is 2.60. The van der Waals surface area contributed by atoms with Gasteiger partial charge in [-0.3, -0.25) is 18.0 Å². The van der Waals surface area contributed by atoms with Crippen LogP contribution in [0.1, 0.15) is 12.6 Å². The fourth-order valence-electron chi connectivity index (χ4n) is 2.15. The number of hydrogen-bond donors (Lipinski definition) is 2. The maximum absolute atomic E-state index is 11.9. The zero-order valence-electron chi connectivity index (χ0n) is 13.8. The number of nitrogens with two attached hydrogens (primary N) is 1. The maximum atomic E-state index is 11.9. The Hall–Kier alpha value is -0.510. The number of aliphatic hydroxyl groups excluding tert-OH is 1. The molecule has 2 heterocycles. The van der Waals surface area contributed by atoms with Gasteiger partial charge in [0.25, 0.3) is 15.6 Å². The third-order valence-electron chi connectivity index (χ3n) is 3.25. The molecule has 0 amide bonds. The average molecular weight is 542 g/mol. The van der Waals surface area contributed by atoms with Crippen molar-refractivity contribution in [1.29, 1.82) is 0 Å². The first-order valence-corrected chi connectivity index (χ1v) is 12.3. The summed E-state index contributed by atoms with van der Waals surface area (Å²) in [6, 6.07) is 0. The number of phosphoric ester groups is 1. The number of nitrogens with zero attached hydrogens (tertiary/aromatic N) is 2. The molecule has 0 saturated carbocycles. The van der Waals surface area contributed by atoms with Gasteiger partial charge in [0.15, 0.2) is 0 Å². The molecule has 1 aromatic heterocycles. The number of rotatable bonds is 8. The largest absolute Gasteiger partial charge is 0.790 e. The third-order valence-corrected chi connectivity index (χ3v) is 7.52. The second kappa shape index (κ2) is 8.93. The molecule has 5 unspecified atom stereocenters. The Labute approximate surface area is 169 Å². The van der Waals surface area contributed by atoms with Crippen molar-refractivity contribution in [3.05, 3.63) is 21.2 Å². The predicted octanol–water partition coefficient (Wildman–Crippen LogP) is -2.95. The molecular formula is C9H11BrN3O13P3-4. The molecule has 1 fully saturated rings. The molecule has 0 spiro atoms. The Bertz CT molecular complexity index is 965. The van der Waals surface area contributed by atoms with Gasteiger partial charge < -0.3 is 44.2 Å². The van der Waals surface area contributed by atoms with Crippen LogP contribution in [-0.2, 0) is 31.6 Å². The minimum Gasteiger partial charge on any atom is -0.790 e. The molecule has 0 bridgehead atoms. The lowest BCUT2D eigenvalue weighted by molar-refractivity contribution is -0.339. The van der Waals surface area contributed by atoms with Crippen molar-refractivity contribution < 1.29 is 56.3 Å². The first kappa shape index (κ1) is 24.8. The molecular weight excluding hydrogens is 531 g/mol. The first-order chi connectivity index (χ1) is 13.1. The van der Waals surface area contributed by atoms with Crippen LogP contribution in [-0.4, -0.2) is 33.5 Å². The van der Waals surface area contributed by atoms with E-state index >= 15 is 0 Å². The predicted molar refractivity (Wildman–Crippen MR) is 86.1 cm³/mol. The van der Waals surface area contributed by atoms with E-state index in [9.17, 15) is 43.2 Å². The summed E-state index contributed by atoms with van der Waals surface area (Å²) in [5, 5.41) is 9.95. The van der Waals surface area contributed by atoms with Crippen LogP contribution >= 0.6 is 39.4 Å². The second-order valence-electron chi connectivity index (χ2n) is 5.40. The van der Waals surface area contributed by atoms with Crippen LogP contribution in [0.5, 0.6) is 0 Å². The molecule has 2 rings (SSSR count). The minimum absolute atomic E-state index is 0.0981. The van der Waals surface area contributed by atoms with Crippen molar-refractivity contribution in [2.75, 3.05) is 12.3 Å². The Morgan fingerprint density at radius 2 is 1.90 bits per heavy atom. The Morgan fingerprint density at radius 1 is 1.28 bits per heavy atom. The van der Waals surface area contributed by atoms with Gasteiger partial charge in [0.2, 0.25) is 0 Å². The highest BCUT2D eigenvalue weighted by Gasteiger charge is 2.37. The van der Waals surface area contributed by atoms with E-state index < -0.39 is 54.2 Å². The highest BCUT2D eigenvalue weighted by molar-refractivity contribution is 9.10. The molecule has 16 nitrogen and oxygen atoms in total. The lowest BCUT2D eigenvalue weighted by Gasteiger charge is -2.37. The molecule has 29 heavy (non-hydrogen) atoms. The molecule has 20 heteroatoms. The van der Waals surface area contributed by atoms with Gasteiger partial charge in [-0.25, -0.2) is 9.11 Å². The number of halogens is 1. The van der Waals surface area contributed by atoms with Crippen LogP contribution in [0.3, 0.4) is 0 Å². The Balaban J connectivity index is 2.02. The van der Waals surface area contributed by atoms with Gasteiger partial charge in [0, 0.05) is 12.6 Å². The number of ether oxygens (including phenoxy) is 1. The summed E-state index contributed by atoms with van der Waals surface area (Å²) in [5.41, 5.74) is 4.62. The number of hydrogen-bond acceptors (Lipinski definition) is 15. The summed E-state index contributed by atoms with van der Waals surface area (Å²) in [6.07, 6.45) is -2.80. The summed E-state index contributed by atoms with van der Waals surface area (Å²) in [4.78, 5) is 58.5. The van der Waals surface area contributed by atoms with Gasteiger partial charge in [-0.05, 0) is 15.9 Å². The van der Waals surface area contributed by atoms with E-state index in [1.807, 2.05) is 0 Å². The van der Waals surface area contributed by atoms with Crippen LogP contribution < -0.4 is 31.0 Å². The molecule has 0 radical (unpaired) electrons. The van der Waals surface area contributed by atoms with Crippen molar-refractivity contribution in [2.24, 2.45) is 0 Å².